The van der Waals surface area contributed by atoms with E-state index in [-0.39, 0.29) is 35.8 Å². The monoisotopic (exact) mass is 569 g/mol. The van der Waals surface area contributed by atoms with Crippen LogP contribution in [0.2, 0.25) is 0 Å². The van der Waals surface area contributed by atoms with Gasteiger partial charge in [-0.25, -0.2) is 4.99 Å². The van der Waals surface area contributed by atoms with Gasteiger partial charge in [-0.05, 0) is 61.4 Å². The van der Waals surface area contributed by atoms with E-state index in [0.29, 0.717) is 12.6 Å². The number of rotatable bonds is 8. The molecule has 1 aliphatic rings. The lowest BCUT2D eigenvalue weighted by molar-refractivity contribution is -0.119. The number of halogens is 1. The van der Waals surface area contributed by atoms with Gasteiger partial charge in [0.05, 0.1) is 11.5 Å². The zero-order valence-electron chi connectivity index (χ0n) is 19.3. The lowest BCUT2D eigenvalue weighted by Gasteiger charge is -2.33. The minimum atomic E-state index is 0. The van der Waals surface area contributed by atoms with Crippen LogP contribution >= 0.6 is 35.3 Å². The number of nitrogens with zero attached hydrogens (tertiary/aromatic N) is 2. The van der Waals surface area contributed by atoms with Gasteiger partial charge in [0.25, 0.3) is 0 Å². The van der Waals surface area contributed by atoms with Crippen molar-refractivity contribution in [3.63, 3.8) is 0 Å². The van der Waals surface area contributed by atoms with Crippen LogP contribution in [0.5, 0.6) is 0 Å². The van der Waals surface area contributed by atoms with Crippen molar-refractivity contribution in [3.8, 4) is 0 Å². The second-order valence-electron chi connectivity index (χ2n) is 8.05. The fourth-order valence-electron chi connectivity index (χ4n) is 3.58. The summed E-state index contributed by atoms with van der Waals surface area (Å²) in [7, 11) is 0. The molecule has 3 rings (SSSR count). The lowest BCUT2D eigenvalue weighted by Crippen LogP contribution is -2.48. The number of amides is 1. The summed E-state index contributed by atoms with van der Waals surface area (Å²) in [5.74, 6) is 0.927. The number of carbonyl (C=O) groups excluding carboxylic acids is 1. The van der Waals surface area contributed by atoms with E-state index in [9.17, 15) is 4.79 Å². The van der Waals surface area contributed by atoms with Crippen LogP contribution in [0.15, 0.2) is 46.8 Å². The first kappa shape index (κ1) is 26.4. The number of guanidine groups is 1. The van der Waals surface area contributed by atoms with Crippen LogP contribution in [-0.4, -0.2) is 37.5 Å². The number of hydrogen-bond acceptors (Lipinski definition) is 4. The van der Waals surface area contributed by atoms with Crippen LogP contribution in [-0.2, 0) is 11.3 Å². The minimum Gasteiger partial charge on any atom is -0.363 e. The normalized spacial score (nSPS) is 15.6. The number of benzene rings is 1. The molecule has 1 atom stereocenters. The summed E-state index contributed by atoms with van der Waals surface area (Å²) in [6.07, 6.45) is 3.03. The molecule has 0 spiro atoms. The van der Waals surface area contributed by atoms with E-state index < -0.39 is 0 Å². The predicted molar refractivity (Wildman–Crippen MR) is 147 cm³/mol. The summed E-state index contributed by atoms with van der Waals surface area (Å²) in [6, 6.07) is 12.7. The third-order valence-electron chi connectivity index (χ3n) is 5.67. The van der Waals surface area contributed by atoms with E-state index in [2.05, 4.69) is 45.3 Å². The molecular formula is C24H36IN5OS. The number of carbonyl (C=O) groups is 1. The molecule has 6 nitrogen and oxygen atoms in total. The van der Waals surface area contributed by atoms with Crippen LogP contribution < -0.4 is 20.9 Å². The smallest absolute Gasteiger partial charge is 0.227 e. The average Bonchev–Trinajstić information content (AvgIpc) is 3.33. The van der Waals surface area contributed by atoms with Crippen molar-refractivity contribution in [2.75, 3.05) is 29.9 Å². The summed E-state index contributed by atoms with van der Waals surface area (Å²) in [4.78, 5) is 19.4. The Hall–Kier alpha value is -1.81. The zero-order chi connectivity index (χ0) is 22.1. The Balaban J connectivity index is 0.00000363. The highest BCUT2D eigenvalue weighted by molar-refractivity contribution is 14.0. The predicted octanol–water partition coefficient (Wildman–Crippen LogP) is 5.07. The van der Waals surface area contributed by atoms with Crippen LogP contribution in [0.1, 0.15) is 45.6 Å². The highest BCUT2D eigenvalue weighted by Gasteiger charge is 2.20. The molecule has 1 amide bonds. The standard InChI is InChI=1S/C24H35N5OS.HI/c1-4-18(3)23(30)27-21-9-6-8-19(16-21)17-26-24(25-5-2)28-20-11-13-29(14-12-20)22-10-7-15-31-22;/h6-10,15-16,18,20H,4-5,11-14,17H2,1-3H3,(H,27,30)(H2,25,26,28);1H. The lowest BCUT2D eigenvalue weighted by atomic mass is 10.1. The van der Waals surface area contributed by atoms with Crippen molar-refractivity contribution in [3.05, 3.63) is 47.3 Å². The van der Waals surface area contributed by atoms with Crippen molar-refractivity contribution < 1.29 is 4.79 Å². The first-order valence-corrected chi connectivity index (χ1v) is 12.2. The van der Waals surface area contributed by atoms with Gasteiger partial charge in [-0.2, -0.15) is 0 Å². The number of aliphatic imine (C=N–C) groups is 1. The van der Waals surface area contributed by atoms with Gasteiger partial charge in [-0.3, -0.25) is 4.79 Å². The SMILES string of the molecule is CCNC(=NCc1cccc(NC(=O)C(C)CC)c1)NC1CCN(c2cccs2)CC1.I. The van der Waals surface area contributed by atoms with Gasteiger partial charge in [0.1, 0.15) is 0 Å². The molecule has 0 radical (unpaired) electrons. The minimum absolute atomic E-state index is 0. The molecule has 1 aromatic heterocycles. The Morgan fingerprint density at radius 1 is 1.22 bits per heavy atom. The van der Waals surface area contributed by atoms with Crippen LogP contribution in [0.4, 0.5) is 10.7 Å². The molecule has 1 fully saturated rings. The van der Waals surface area contributed by atoms with Crippen molar-refractivity contribution >= 4 is 57.9 Å². The summed E-state index contributed by atoms with van der Waals surface area (Å²) in [5.41, 5.74) is 1.91. The van der Waals surface area contributed by atoms with E-state index >= 15 is 0 Å². The van der Waals surface area contributed by atoms with Crippen molar-refractivity contribution in [2.45, 2.75) is 52.6 Å². The first-order valence-electron chi connectivity index (χ1n) is 11.3. The molecule has 2 heterocycles. The first-order chi connectivity index (χ1) is 15.1. The fraction of sp³-hybridized carbons (Fsp3) is 0.500. The highest BCUT2D eigenvalue weighted by Crippen LogP contribution is 2.24. The fourth-order valence-corrected chi connectivity index (χ4v) is 4.36. The highest BCUT2D eigenvalue weighted by atomic mass is 127. The summed E-state index contributed by atoms with van der Waals surface area (Å²) >= 11 is 1.81. The molecule has 1 aromatic carbocycles. The van der Waals surface area contributed by atoms with Crippen molar-refractivity contribution in [2.24, 2.45) is 10.9 Å². The summed E-state index contributed by atoms with van der Waals surface area (Å²) in [5, 5.41) is 13.5. The maximum Gasteiger partial charge on any atom is 0.227 e. The number of thiophene rings is 1. The maximum atomic E-state index is 12.2. The van der Waals surface area contributed by atoms with Gasteiger partial charge in [0.2, 0.25) is 5.91 Å². The molecule has 3 N–H and O–H groups in total. The van der Waals surface area contributed by atoms with E-state index in [0.717, 1.165) is 56.1 Å². The third kappa shape index (κ3) is 7.95. The molecule has 32 heavy (non-hydrogen) atoms. The van der Waals surface area contributed by atoms with Gasteiger partial charge < -0.3 is 20.9 Å². The molecule has 0 saturated carbocycles. The zero-order valence-corrected chi connectivity index (χ0v) is 22.4. The van der Waals surface area contributed by atoms with Gasteiger partial charge >= 0.3 is 0 Å². The molecule has 176 valence electrons. The van der Waals surface area contributed by atoms with Crippen LogP contribution in [0, 0.1) is 5.92 Å². The average molecular weight is 570 g/mol. The number of piperidine rings is 1. The number of nitrogens with one attached hydrogen (secondary N) is 3. The van der Waals surface area contributed by atoms with Gasteiger partial charge in [0.15, 0.2) is 5.96 Å². The topological polar surface area (TPSA) is 68.8 Å². The Morgan fingerprint density at radius 3 is 2.66 bits per heavy atom. The quantitative estimate of drug-likeness (QED) is 0.236. The third-order valence-corrected chi connectivity index (χ3v) is 6.60. The molecule has 0 bridgehead atoms. The molecule has 0 aliphatic carbocycles. The van der Waals surface area contributed by atoms with Crippen LogP contribution in [0.3, 0.4) is 0 Å². The Morgan fingerprint density at radius 2 is 2.00 bits per heavy atom. The summed E-state index contributed by atoms with van der Waals surface area (Å²) in [6.45, 7) is 9.58. The Kier molecular flexibility index (Phi) is 11.3. The van der Waals surface area contributed by atoms with E-state index in [1.165, 1.54) is 5.00 Å². The molecule has 8 heteroatoms. The van der Waals surface area contributed by atoms with E-state index in [4.69, 9.17) is 4.99 Å². The molecule has 1 saturated heterocycles. The Labute approximate surface area is 213 Å². The largest absolute Gasteiger partial charge is 0.363 e. The Bertz CT molecular complexity index is 850. The van der Waals surface area contributed by atoms with Gasteiger partial charge in [0, 0.05) is 37.3 Å². The molecule has 2 aromatic rings. The summed E-state index contributed by atoms with van der Waals surface area (Å²) < 4.78 is 0. The molecule has 1 unspecified atom stereocenters. The van der Waals surface area contributed by atoms with Crippen molar-refractivity contribution in [1.82, 2.24) is 10.6 Å². The molecule has 1 aliphatic heterocycles. The van der Waals surface area contributed by atoms with Gasteiger partial charge in [-0.1, -0.05) is 26.0 Å². The van der Waals surface area contributed by atoms with Crippen LogP contribution in [0.25, 0.3) is 0 Å². The molecular weight excluding hydrogens is 533 g/mol. The second kappa shape index (κ2) is 13.7. The van der Waals surface area contributed by atoms with Crippen molar-refractivity contribution in [1.29, 1.82) is 0 Å². The van der Waals surface area contributed by atoms with E-state index in [1.807, 2.05) is 49.4 Å². The second-order valence-corrected chi connectivity index (χ2v) is 8.98. The van der Waals surface area contributed by atoms with Gasteiger partial charge in [-0.15, -0.1) is 35.3 Å². The maximum absolute atomic E-state index is 12.2. The van der Waals surface area contributed by atoms with E-state index in [1.54, 1.807) is 0 Å². The number of anilines is 2. The number of hydrogen-bond donors (Lipinski definition) is 3.